The molecule has 0 amide bonds. The molecule has 1 fully saturated rings. The van der Waals surface area contributed by atoms with Crippen LogP contribution in [0.1, 0.15) is 31.7 Å². The number of rotatable bonds is 3. The number of fused-ring (bicyclic) bond motifs is 1. The van der Waals surface area contributed by atoms with E-state index in [2.05, 4.69) is 6.07 Å². The van der Waals surface area contributed by atoms with Crippen LogP contribution >= 0.6 is 0 Å². The molecule has 1 saturated carbocycles. The lowest BCUT2D eigenvalue weighted by Gasteiger charge is -2.48. The first-order chi connectivity index (χ1) is 8.62. The predicted molar refractivity (Wildman–Crippen MR) is 70.6 cm³/mol. The molecule has 3 nitrogen and oxygen atoms in total. The van der Waals surface area contributed by atoms with Gasteiger partial charge in [0.25, 0.3) is 0 Å². The molecule has 2 unspecified atom stereocenters. The number of benzene rings is 1. The SMILES string of the molecule is CC(O)(C1CC1)C1(CN)CCOc2ccccc21. The van der Waals surface area contributed by atoms with Gasteiger partial charge in [-0.15, -0.1) is 0 Å². The molecule has 0 aromatic heterocycles. The molecule has 1 aliphatic carbocycles. The molecule has 18 heavy (non-hydrogen) atoms. The van der Waals surface area contributed by atoms with E-state index >= 15 is 0 Å². The molecule has 0 bridgehead atoms. The van der Waals surface area contributed by atoms with E-state index in [-0.39, 0.29) is 5.41 Å². The van der Waals surface area contributed by atoms with E-state index in [1.54, 1.807) is 0 Å². The van der Waals surface area contributed by atoms with Gasteiger partial charge in [-0.25, -0.2) is 0 Å². The van der Waals surface area contributed by atoms with Gasteiger partial charge in [0, 0.05) is 17.5 Å². The van der Waals surface area contributed by atoms with Gasteiger partial charge in [-0.3, -0.25) is 0 Å². The first-order valence-electron chi connectivity index (χ1n) is 6.76. The molecule has 2 atom stereocenters. The van der Waals surface area contributed by atoms with Crippen LogP contribution < -0.4 is 10.5 Å². The maximum Gasteiger partial charge on any atom is 0.123 e. The lowest BCUT2D eigenvalue weighted by molar-refractivity contribution is -0.0558. The summed E-state index contributed by atoms with van der Waals surface area (Å²) in [7, 11) is 0. The van der Waals surface area contributed by atoms with E-state index in [1.165, 1.54) is 0 Å². The van der Waals surface area contributed by atoms with Gasteiger partial charge in [-0.05, 0) is 38.2 Å². The van der Waals surface area contributed by atoms with Crippen LogP contribution in [0.25, 0.3) is 0 Å². The number of ether oxygens (including phenoxy) is 1. The van der Waals surface area contributed by atoms with Gasteiger partial charge in [0.05, 0.1) is 12.2 Å². The summed E-state index contributed by atoms with van der Waals surface area (Å²) >= 11 is 0. The van der Waals surface area contributed by atoms with Gasteiger partial charge in [0.15, 0.2) is 0 Å². The van der Waals surface area contributed by atoms with Gasteiger partial charge < -0.3 is 15.6 Å². The van der Waals surface area contributed by atoms with E-state index < -0.39 is 5.60 Å². The van der Waals surface area contributed by atoms with Gasteiger partial charge in [-0.2, -0.15) is 0 Å². The highest BCUT2D eigenvalue weighted by Crippen LogP contribution is 2.54. The van der Waals surface area contributed by atoms with Crippen LogP contribution in [0.15, 0.2) is 24.3 Å². The predicted octanol–water partition coefficient (Wildman–Crippen LogP) is 1.83. The van der Waals surface area contributed by atoms with Crippen molar-refractivity contribution in [3.63, 3.8) is 0 Å². The molecule has 1 aromatic carbocycles. The minimum Gasteiger partial charge on any atom is -0.493 e. The zero-order valence-electron chi connectivity index (χ0n) is 10.9. The summed E-state index contributed by atoms with van der Waals surface area (Å²) in [5.41, 5.74) is 6.08. The quantitative estimate of drug-likeness (QED) is 0.856. The van der Waals surface area contributed by atoms with Crippen LogP contribution in [0.3, 0.4) is 0 Å². The Labute approximate surface area is 108 Å². The average Bonchev–Trinajstić information content (AvgIpc) is 3.22. The summed E-state index contributed by atoms with van der Waals surface area (Å²) in [6.07, 6.45) is 3.01. The molecule has 98 valence electrons. The smallest absolute Gasteiger partial charge is 0.123 e. The number of nitrogens with two attached hydrogens (primary N) is 1. The van der Waals surface area contributed by atoms with Crippen molar-refractivity contribution in [2.24, 2.45) is 11.7 Å². The van der Waals surface area contributed by atoms with Crippen molar-refractivity contribution >= 4 is 0 Å². The first-order valence-corrected chi connectivity index (χ1v) is 6.76. The molecule has 3 rings (SSSR count). The van der Waals surface area contributed by atoms with E-state index in [0.29, 0.717) is 19.1 Å². The minimum atomic E-state index is -0.734. The Hall–Kier alpha value is -1.06. The second-order valence-corrected chi connectivity index (χ2v) is 5.80. The number of para-hydroxylation sites is 1. The van der Waals surface area contributed by atoms with E-state index in [4.69, 9.17) is 10.5 Å². The molecule has 1 aliphatic heterocycles. The Kier molecular flexibility index (Phi) is 2.65. The van der Waals surface area contributed by atoms with Crippen LogP contribution in [0.5, 0.6) is 5.75 Å². The van der Waals surface area contributed by atoms with Gasteiger partial charge in [0.2, 0.25) is 0 Å². The molecule has 1 heterocycles. The minimum absolute atomic E-state index is 0.358. The van der Waals surface area contributed by atoms with Crippen molar-refractivity contribution in [3.05, 3.63) is 29.8 Å². The van der Waals surface area contributed by atoms with Crippen molar-refractivity contribution in [3.8, 4) is 5.75 Å². The van der Waals surface area contributed by atoms with Crippen LogP contribution in [0.4, 0.5) is 0 Å². The topological polar surface area (TPSA) is 55.5 Å². The van der Waals surface area contributed by atoms with Crippen molar-refractivity contribution in [1.82, 2.24) is 0 Å². The summed E-state index contributed by atoms with van der Waals surface area (Å²) in [5.74, 6) is 1.27. The maximum atomic E-state index is 11.0. The summed E-state index contributed by atoms with van der Waals surface area (Å²) < 4.78 is 5.71. The molecule has 0 spiro atoms. The molecule has 3 heteroatoms. The zero-order valence-corrected chi connectivity index (χ0v) is 10.9. The van der Waals surface area contributed by atoms with Gasteiger partial charge >= 0.3 is 0 Å². The highest BCUT2D eigenvalue weighted by atomic mass is 16.5. The highest BCUT2D eigenvalue weighted by Gasteiger charge is 2.56. The largest absolute Gasteiger partial charge is 0.493 e. The second-order valence-electron chi connectivity index (χ2n) is 5.80. The van der Waals surface area contributed by atoms with E-state index in [1.807, 2.05) is 25.1 Å². The number of aliphatic hydroxyl groups is 1. The summed E-state index contributed by atoms with van der Waals surface area (Å²) in [6, 6.07) is 8.00. The number of hydrogen-bond donors (Lipinski definition) is 2. The van der Waals surface area contributed by atoms with E-state index in [9.17, 15) is 5.11 Å². The first kappa shape index (κ1) is 12.0. The van der Waals surface area contributed by atoms with Crippen molar-refractivity contribution < 1.29 is 9.84 Å². The Morgan fingerprint density at radius 3 is 2.83 bits per heavy atom. The van der Waals surface area contributed by atoms with E-state index in [0.717, 1.165) is 30.6 Å². The molecule has 0 radical (unpaired) electrons. The normalized spacial score (nSPS) is 30.2. The Bertz CT molecular complexity index is 454. The third-order valence-electron chi connectivity index (χ3n) is 4.88. The fraction of sp³-hybridized carbons (Fsp3) is 0.600. The van der Waals surface area contributed by atoms with Crippen molar-refractivity contribution in [2.45, 2.75) is 37.2 Å². The average molecular weight is 247 g/mol. The Morgan fingerprint density at radius 2 is 2.17 bits per heavy atom. The molecule has 1 aromatic rings. The summed E-state index contributed by atoms with van der Waals surface area (Å²) in [4.78, 5) is 0. The third kappa shape index (κ3) is 1.50. The lowest BCUT2D eigenvalue weighted by Crippen LogP contribution is -2.57. The Balaban J connectivity index is 2.12. The zero-order chi connectivity index (χ0) is 12.8. The molecular weight excluding hydrogens is 226 g/mol. The van der Waals surface area contributed by atoms with Gasteiger partial charge in [0.1, 0.15) is 5.75 Å². The standard InChI is InChI=1S/C15H21NO2/c1-14(17,11-6-7-11)15(10-16)8-9-18-13-5-3-2-4-12(13)15/h2-5,11,17H,6-10,16H2,1H3. The fourth-order valence-corrected chi connectivity index (χ4v) is 3.44. The lowest BCUT2D eigenvalue weighted by atomic mass is 9.63. The van der Waals surface area contributed by atoms with Crippen molar-refractivity contribution in [2.75, 3.05) is 13.2 Å². The maximum absolute atomic E-state index is 11.0. The highest BCUT2D eigenvalue weighted by molar-refractivity contribution is 5.44. The summed E-state index contributed by atoms with van der Waals surface area (Å²) in [6.45, 7) is 3.06. The fourth-order valence-electron chi connectivity index (χ4n) is 3.44. The second kappa shape index (κ2) is 3.97. The van der Waals surface area contributed by atoms with Crippen LogP contribution in [0.2, 0.25) is 0 Å². The third-order valence-corrected chi connectivity index (χ3v) is 4.88. The number of hydrogen-bond acceptors (Lipinski definition) is 3. The Morgan fingerprint density at radius 1 is 1.44 bits per heavy atom. The molecular formula is C15H21NO2. The summed E-state index contributed by atoms with van der Waals surface area (Å²) in [5, 5.41) is 11.0. The van der Waals surface area contributed by atoms with Crippen LogP contribution in [-0.4, -0.2) is 23.9 Å². The molecule has 2 aliphatic rings. The van der Waals surface area contributed by atoms with Gasteiger partial charge in [-0.1, -0.05) is 18.2 Å². The van der Waals surface area contributed by atoms with Crippen LogP contribution in [0, 0.1) is 5.92 Å². The van der Waals surface area contributed by atoms with Crippen molar-refractivity contribution in [1.29, 1.82) is 0 Å². The molecule has 0 saturated heterocycles. The van der Waals surface area contributed by atoms with Crippen LogP contribution in [-0.2, 0) is 5.41 Å². The monoisotopic (exact) mass is 247 g/mol. The molecule has 3 N–H and O–H groups in total.